The van der Waals surface area contributed by atoms with Crippen molar-refractivity contribution >= 4 is 5.69 Å². The number of anilines is 1. The number of rotatable bonds is 6. The smallest absolute Gasteiger partial charge is 0.132 e. The van der Waals surface area contributed by atoms with Gasteiger partial charge in [-0.25, -0.2) is 0 Å². The predicted molar refractivity (Wildman–Crippen MR) is 105 cm³/mol. The summed E-state index contributed by atoms with van der Waals surface area (Å²) < 4.78 is 18.8. The van der Waals surface area contributed by atoms with Gasteiger partial charge in [0.25, 0.3) is 0 Å². The number of hydrogen-bond donors (Lipinski definition) is 1. The van der Waals surface area contributed by atoms with Gasteiger partial charge in [-0.2, -0.15) is 0 Å². The van der Waals surface area contributed by atoms with Crippen LogP contribution in [0, 0.1) is 6.92 Å². The second-order valence-electron chi connectivity index (χ2n) is 7.30. The van der Waals surface area contributed by atoms with Crippen molar-refractivity contribution in [2.75, 3.05) is 19.0 Å². The Hall–Kier alpha value is -2.04. The van der Waals surface area contributed by atoms with E-state index in [2.05, 4.69) is 56.4 Å². The summed E-state index contributed by atoms with van der Waals surface area (Å²) in [5.41, 5.74) is 3.98. The molecule has 1 N–H and O–H groups in total. The van der Waals surface area contributed by atoms with Gasteiger partial charge in [0.05, 0.1) is 6.61 Å². The van der Waals surface area contributed by atoms with Gasteiger partial charge >= 0.3 is 0 Å². The minimum atomic E-state index is -0.487. The molecule has 2 atom stereocenters. The molecule has 2 aromatic rings. The molecule has 26 heavy (non-hydrogen) atoms. The van der Waals surface area contributed by atoms with E-state index in [1.807, 2.05) is 26.1 Å². The van der Waals surface area contributed by atoms with E-state index < -0.39 is 5.60 Å². The van der Waals surface area contributed by atoms with Crippen LogP contribution in [0.1, 0.15) is 43.6 Å². The normalized spacial score (nSPS) is 21.0. The van der Waals surface area contributed by atoms with Crippen LogP contribution in [0.2, 0.25) is 0 Å². The maximum atomic E-state index is 6.35. The second kappa shape index (κ2) is 7.68. The van der Waals surface area contributed by atoms with Crippen molar-refractivity contribution in [2.24, 2.45) is 0 Å². The molecule has 0 saturated heterocycles. The highest BCUT2D eigenvalue weighted by atomic mass is 16.6. The maximum absolute atomic E-state index is 6.35. The van der Waals surface area contributed by atoms with Gasteiger partial charge in [-0.1, -0.05) is 29.8 Å². The number of fused-ring (bicyclic) bond motifs is 1. The Bertz CT molecular complexity index is 740. The molecule has 0 saturated carbocycles. The zero-order valence-electron chi connectivity index (χ0n) is 16.3. The van der Waals surface area contributed by atoms with Crippen molar-refractivity contribution in [3.63, 3.8) is 0 Å². The molecular formula is C22H29NO3. The summed E-state index contributed by atoms with van der Waals surface area (Å²) in [7, 11) is 1.91. The fraction of sp³-hybridized carbons (Fsp3) is 0.455. The topological polar surface area (TPSA) is 39.7 Å². The van der Waals surface area contributed by atoms with Crippen LogP contribution < -0.4 is 10.1 Å². The first-order chi connectivity index (χ1) is 12.4. The lowest BCUT2D eigenvalue weighted by Gasteiger charge is -2.44. The zero-order chi connectivity index (χ0) is 18.7. The molecule has 0 aliphatic carbocycles. The van der Waals surface area contributed by atoms with E-state index in [0.717, 1.165) is 22.6 Å². The molecule has 1 heterocycles. The van der Waals surface area contributed by atoms with Gasteiger partial charge in [0.1, 0.15) is 23.6 Å². The van der Waals surface area contributed by atoms with E-state index in [1.165, 1.54) is 5.56 Å². The van der Waals surface area contributed by atoms with Crippen LogP contribution in [-0.2, 0) is 16.1 Å². The highest BCUT2D eigenvalue weighted by molar-refractivity contribution is 5.53. The van der Waals surface area contributed by atoms with Crippen LogP contribution in [0.5, 0.6) is 5.75 Å². The Kier molecular flexibility index (Phi) is 5.54. The predicted octanol–water partition coefficient (Wildman–Crippen LogP) is 4.87. The summed E-state index contributed by atoms with van der Waals surface area (Å²) in [6, 6.07) is 14.5. The van der Waals surface area contributed by atoms with Gasteiger partial charge in [-0.15, -0.1) is 0 Å². The highest BCUT2D eigenvalue weighted by Gasteiger charge is 2.45. The summed E-state index contributed by atoms with van der Waals surface area (Å²) in [6.45, 7) is 9.38. The van der Waals surface area contributed by atoms with E-state index in [9.17, 15) is 0 Å². The Labute approximate surface area is 156 Å². The Morgan fingerprint density at radius 2 is 1.81 bits per heavy atom. The standard InChI is InChI=1S/C22H29NO3/c1-6-24-20-18-13-17(23-5)11-12-19(18)26-22(3,4)21(20)25-14-16-9-7-15(2)8-10-16/h7-13,20-21,23H,6,14H2,1-5H3. The lowest BCUT2D eigenvalue weighted by Crippen LogP contribution is -2.51. The van der Waals surface area contributed by atoms with Crippen LogP contribution in [0.15, 0.2) is 42.5 Å². The average molecular weight is 355 g/mol. The highest BCUT2D eigenvalue weighted by Crippen LogP contribution is 2.44. The third-order valence-electron chi connectivity index (χ3n) is 4.83. The van der Waals surface area contributed by atoms with Gasteiger partial charge in [-0.3, -0.25) is 0 Å². The first-order valence-corrected chi connectivity index (χ1v) is 9.24. The van der Waals surface area contributed by atoms with Crippen molar-refractivity contribution < 1.29 is 14.2 Å². The molecule has 2 unspecified atom stereocenters. The molecule has 0 radical (unpaired) electrons. The molecule has 140 valence electrons. The molecular weight excluding hydrogens is 326 g/mol. The molecule has 0 fully saturated rings. The van der Waals surface area contributed by atoms with Gasteiger partial charge in [0.2, 0.25) is 0 Å². The van der Waals surface area contributed by atoms with Gasteiger partial charge in [0.15, 0.2) is 0 Å². The molecule has 1 aliphatic rings. The molecule has 4 heteroatoms. The molecule has 2 aromatic carbocycles. The van der Waals surface area contributed by atoms with Crippen molar-refractivity contribution in [2.45, 2.75) is 52.1 Å². The number of aryl methyl sites for hydroxylation is 1. The van der Waals surface area contributed by atoms with Crippen LogP contribution in [0.25, 0.3) is 0 Å². The molecule has 3 rings (SSSR count). The summed E-state index contributed by atoms with van der Waals surface area (Å²) in [4.78, 5) is 0. The minimum absolute atomic E-state index is 0.169. The Balaban J connectivity index is 1.88. The molecule has 1 aliphatic heterocycles. The van der Waals surface area contributed by atoms with E-state index in [0.29, 0.717) is 13.2 Å². The first-order valence-electron chi connectivity index (χ1n) is 9.24. The lowest BCUT2D eigenvalue weighted by molar-refractivity contribution is -0.165. The molecule has 4 nitrogen and oxygen atoms in total. The SMILES string of the molecule is CCOC1c2cc(NC)ccc2OC(C)(C)C1OCc1ccc(C)cc1. The third kappa shape index (κ3) is 3.87. The number of ether oxygens (including phenoxy) is 3. The zero-order valence-corrected chi connectivity index (χ0v) is 16.3. The Morgan fingerprint density at radius 3 is 2.46 bits per heavy atom. The monoisotopic (exact) mass is 355 g/mol. The first kappa shape index (κ1) is 18.7. The lowest BCUT2D eigenvalue weighted by atomic mass is 9.87. The van der Waals surface area contributed by atoms with Crippen LogP contribution in [0.4, 0.5) is 5.69 Å². The fourth-order valence-electron chi connectivity index (χ4n) is 3.40. The quantitative estimate of drug-likeness (QED) is 0.802. The van der Waals surface area contributed by atoms with E-state index in [1.54, 1.807) is 0 Å². The molecule has 0 amide bonds. The number of hydrogen-bond acceptors (Lipinski definition) is 4. The summed E-state index contributed by atoms with van der Waals surface area (Å²) >= 11 is 0. The maximum Gasteiger partial charge on any atom is 0.132 e. The van der Waals surface area contributed by atoms with Crippen molar-refractivity contribution in [3.05, 3.63) is 59.2 Å². The average Bonchev–Trinajstić information content (AvgIpc) is 2.62. The van der Waals surface area contributed by atoms with E-state index in [4.69, 9.17) is 14.2 Å². The minimum Gasteiger partial charge on any atom is -0.485 e. The van der Waals surface area contributed by atoms with E-state index >= 15 is 0 Å². The van der Waals surface area contributed by atoms with Crippen molar-refractivity contribution in [3.8, 4) is 5.75 Å². The van der Waals surface area contributed by atoms with Crippen molar-refractivity contribution in [1.82, 2.24) is 0 Å². The summed E-state index contributed by atoms with van der Waals surface area (Å²) in [6.07, 6.45) is -0.374. The van der Waals surface area contributed by atoms with Gasteiger partial charge in [-0.05, 0) is 51.5 Å². The molecule has 0 spiro atoms. The molecule has 0 aromatic heterocycles. The van der Waals surface area contributed by atoms with Crippen LogP contribution in [0.3, 0.4) is 0 Å². The summed E-state index contributed by atoms with van der Waals surface area (Å²) in [5.74, 6) is 0.864. The van der Waals surface area contributed by atoms with Crippen molar-refractivity contribution in [1.29, 1.82) is 0 Å². The number of benzene rings is 2. The molecule has 0 bridgehead atoms. The summed E-state index contributed by atoms with van der Waals surface area (Å²) in [5, 5.41) is 3.19. The number of nitrogens with one attached hydrogen (secondary N) is 1. The fourth-order valence-corrected chi connectivity index (χ4v) is 3.40. The van der Waals surface area contributed by atoms with Crippen LogP contribution in [-0.4, -0.2) is 25.4 Å². The van der Waals surface area contributed by atoms with Gasteiger partial charge < -0.3 is 19.5 Å². The van der Waals surface area contributed by atoms with E-state index in [-0.39, 0.29) is 12.2 Å². The Morgan fingerprint density at radius 1 is 1.08 bits per heavy atom. The third-order valence-corrected chi connectivity index (χ3v) is 4.83. The van der Waals surface area contributed by atoms with Gasteiger partial charge in [0, 0.05) is 24.9 Å². The largest absolute Gasteiger partial charge is 0.485 e. The second-order valence-corrected chi connectivity index (χ2v) is 7.30. The van der Waals surface area contributed by atoms with Crippen LogP contribution >= 0.6 is 0 Å².